The number of nitrogens with one attached hydrogen (secondary N) is 1. The number of rotatable bonds is 3. The molecular weight excluding hydrogens is 220 g/mol. The SMILES string of the molecule is CCCc1c(-c2cnn(C)c2)[nH]cnc1=S. The summed E-state index contributed by atoms with van der Waals surface area (Å²) in [6, 6.07) is 0. The molecule has 2 rings (SSSR count). The summed E-state index contributed by atoms with van der Waals surface area (Å²) >= 11 is 5.25. The van der Waals surface area contributed by atoms with Crippen LogP contribution < -0.4 is 0 Å². The minimum absolute atomic E-state index is 0.680. The molecule has 4 nitrogen and oxygen atoms in total. The molecule has 0 atom stereocenters. The van der Waals surface area contributed by atoms with Gasteiger partial charge in [-0.3, -0.25) is 4.68 Å². The van der Waals surface area contributed by atoms with Crippen molar-refractivity contribution in [2.24, 2.45) is 7.05 Å². The maximum absolute atomic E-state index is 5.25. The molecule has 0 unspecified atom stereocenters. The Bertz CT molecular complexity index is 541. The fourth-order valence-electron chi connectivity index (χ4n) is 1.72. The predicted molar refractivity (Wildman–Crippen MR) is 65.6 cm³/mol. The van der Waals surface area contributed by atoms with Gasteiger partial charge in [-0.1, -0.05) is 25.6 Å². The van der Waals surface area contributed by atoms with Crippen LogP contribution in [0.15, 0.2) is 18.7 Å². The second-order valence-corrected chi connectivity index (χ2v) is 4.10. The van der Waals surface area contributed by atoms with E-state index in [2.05, 4.69) is 22.0 Å². The summed E-state index contributed by atoms with van der Waals surface area (Å²) in [4.78, 5) is 7.28. The van der Waals surface area contributed by atoms with Crippen molar-refractivity contribution in [3.05, 3.63) is 28.9 Å². The Morgan fingerprint density at radius 3 is 2.94 bits per heavy atom. The zero-order valence-corrected chi connectivity index (χ0v) is 10.2. The highest BCUT2D eigenvalue weighted by atomic mass is 32.1. The molecule has 0 fully saturated rings. The highest BCUT2D eigenvalue weighted by Crippen LogP contribution is 2.21. The van der Waals surface area contributed by atoms with Crippen molar-refractivity contribution in [1.82, 2.24) is 19.7 Å². The summed E-state index contributed by atoms with van der Waals surface area (Å²) < 4.78 is 2.46. The second kappa shape index (κ2) is 4.57. The van der Waals surface area contributed by atoms with E-state index in [0.717, 1.165) is 29.7 Å². The summed E-state index contributed by atoms with van der Waals surface area (Å²) in [7, 11) is 1.90. The van der Waals surface area contributed by atoms with Crippen LogP contribution in [0.2, 0.25) is 0 Å². The minimum Gasteiger partial charge on any atom is -0.345 e. The topological polar surface area (TPSA) is 46.5 Å². The average Bonchev–Trinajstić information content (AvgIpc) is 2.68. The van der Waals surface area contributed by atoms with Crippen molar-refractivity contribution in [1.29, 1.82) is 0 Å². The molecule has 0 aliphatic rings. The van der Waals surface area contributed by atoms with Gasteiger partial charge in [0.25, 0.3) is 0 Å². The predicted octanol–water partition coefficient (Wildman–Crippen LogP) is 2.49. The van der Waals surface area contributed by atoms with Crippen LogP contribution in [0, 0.1) is 4.64 Å². The lowest BCUT2D eigenvalue weighted by molar-refractivity contribution is 0.768. The molecule has 0 bridgehead atoms. The summed E-state index contributed by atoms with van der Waals surface area (Å²) in [5.41, 5.74) is 3.20. The Morgan fingerprint density at radius 1 is 1.50 bits per heavy atom. The molecule has 2 heterocycles. The fraction of sp³-hybridized carbons (Fsp3) is 0.364. The Labute approximate surface area is 99.4 Å². The zero-order chi connectivity index (χ0) is 11.5. The third-order valence-corrected chi connectivity index (χ3v) is 2.80. The highest BCUT2D eigenvalue weighted by molar-refractivity contribution is 7.71. The first-order valence-electron chi connectivity index (χ1n) is 5.28. The van der Waals surface area contributed by atoms with Crippen molar-refractivity contribution in [2.75, 3.05) is 0 Å². The van der Waals surface area contributed by atoms with Crippen LogP contribution in [0.4, 0.5) is 0 Å². The van der Waals surface area contributed by atoms with E-state index < -0.39 is 0 Å². The number of hydrogen-bond donors (Lipinski definition) is 1. The molecule has 0 aliphatic carbocycles. The molecule has 16 heavy (non-hydrogen) atoms. The maximum atomic E-state index is 5.25. The second-order valence-electron chi connectivity index (χ2n) is 3.71. The average molecular weight is 234 g/mol. The molecule has 84 valence electrons. The third kappa shape index (κ3) is 2.04. The summed E-state index contributed by atoms with van der Waals surface area (Å²) in [6.07, 6.45) is 7.44. The molecule has 0 saturated carbocycles. The normalized spacial score (nSPS) is 10.6. The Hall–Kier alpha value is -1.49. The van der Waals surface area contributed by atoms with E-state index in [9.17, 15) is 0 Å². The fourth-order valence-corrected chi connectivity index (χ4v) is 1.97. The molecule has 0 aliphatic heterocycles. The molecule has 0 amide bonds. The molecule has 0 saturated heterocycles. The van der Waals surface area contributed by atoms with Gasteiger partial charge in [-0.05, 0) is 6.42 Å². The van der Waals surface area contributed by atoms with E-state index in [4.69, 9.17) is 12.2 Å². The molecule has 5 heteroatoms. The van der Waals surface area contributed by atoms with E-state index in [0.29, 0.717) is 4.64 Å². The van der Waals surface area contributed by atoms with Gasteiger partial charge in [-0.25, -0.2) is 4.98 Å². The molecular formula is C11H14N4S. The van der Waals surface area contributed by atoms with Gasteiger partial charge in [0.05, 0.1) is 18.2 Å². The van der Waals surface area contributed by atoms with Crippen LogP contribution in [0.5, 0.6) is 0 Å². The Morgan fingerprint density at radius 2 is 2.31 bits per heavy atom. The summed E-state index contributed by atoms with van der Waals surface area (Å²) in [5, 5.41) is 4.17. The molecule has 0 spiro atoms. The van der Waals surface area contributed by atoms with Gasteiger partial charge in [-0.2, -0.15) is 5.10 Å². The summed E-state index contributed by atoms with van der Waals surface area (Å²) in [6.45, 7) is 2.13. The van der Waals surface area contributed by atoms with Gasteiger partial charge < -0.3 is 4.98 Å². The van der Waals surface area contributed by atoms with Crippen molar-refractivity contribution < 1.29 is 0 Å². The Balaban J connectivity index is 2.55. The molecule has 2 aromatic heterocycles. The first kappa shape index (κ1) is 11.0. The number of aryl methyl sites for hydroxylation is 1. The van der Waals surface area contributed by atoms with Crippen LogP contribution in [-0.4, -0.2) is 19.7 Å². The van der Waals surface area contributed by atoms with Gasteiger partial charge in [0.2, 0.25) is 0 Å². The van der Waals surface area contributed by atoms with Crippen LogP contribution in [0.1, 0.15) is 18.9 Å². The quantitative estimate of drug-likeness (QED) is 0.830. The van der Waals surface area contributed by atoms with Crippen LogP contribution in [0.25, 0.3) is 11.3 Å². The van der Waals surface area contributed by atoms with Crippen molar-refractivity contribution in [2.45, 2.75) is 19.8 Å². The van der Waals surface area contributed by atoms with Crippen molar-refractivity contribution in [3.8, 4) is 11.3 Å². The largest absolute Gasteiger partial charge is 0.345 e. The lowest BCUT2D eigenvalue weighted by Crippen LogP contribution is -1.96. The lowest BCUT2D eigenvalue weighted by atomic mass is 10.1. The van der Waals surface area contributed by atoms with E-state index >= 15 is 0 Å². The molecule has 2 aromatic rings. The Kier molecular flexibility index (Phi) is 3.14. The lowest BCUT2D eigenvalue weighted by Gasteiger charge is -2.05. The number of aromatic nitrogens is 4. The van der Waals surface area contributed by atoms with Gasteiger partial charge >= 0.3 is 0 Å². The zero-order valence-electron chi connectivity index (χ0n) is 9.40. The standard InChI is InChI=1S/C11H14N4S/c1-3-4-9-10(12-7-13-11(9)16)8-5-14-15(2)6-8/h5-7H,3-4H2,1-2H3,(H,12,13,16). The third-order valence-electron chi connectivity index (χ3n) is 2.44. The van der Waals surface area contributed by atoms with Gasteiger partial charge in [0, 0.05) is 24.4 Å². The monoisotopic (exact) mass is 234 g/mol. The molecule has 0 radical (unpaired) electrons. The molecule has 1 N–H and O–H groups in total. The maximum Gasteiger partial charge on any atom is 0.133 e. The van der Waals surface area contributed by atoms with Crippen molar-refractivity contribution >= 4 is 12.2 Å². The van der Waals surface area contributed by atoms with E-state index in [1.165, 1.54) is 0 Å². The van der Waals surface area contributed by atoms with Crippen LogP contribution in [-0.2, 0) is 13.5 Å². The molecule has 0 aromatic carbocycles. The van der Waals surface area contributed by atoms with Crippen LogP contribution in [0.3, 0.4) is 0 Å². The number of hydrogen-bond acceptors (Lipinski definition) is 3. The van der Waals surface area contributed by atoms with Gasteiger partial charge in [-0.15, -0.1) is 0 Å². The van der Waals surface area contributed by atoms with E-state index in [-0.39, 0.29) is 0 Å². The van der Waals surface area contributed by atoms with Crippen LogP contribution >= 0.6 is 12.2 Å². The van der Waals surface area contributed by atoms with Gasteiger partial charge in [0.1, 0.15) is 4.64 Å². The first-order valence-corrected chi connectivity index (χ1v) is 5.68. The minimum atomic E-state index is 0.680. The summed E-state index contributed by atoms with van der Waals surface area (Å²) in [5.74, 6) is 0. The number of nitrogens with zero attached hydrogens (tertiary/aromatic N) is 3. The first-order chi connectivity index (χ1) is 7.72. The number of H-pyrrole nitrogens is 1. The smallest absolute Gasteiger partial charge is 0.133 e. The van der Waals surface area contributed by atoms with Crippen molar-refractivity contribution in [3.63, 3.8) is 0 Å². The van der Waals surface area contributed by atoms with E-state index in [1.807, 2.05) is 19.4 Å². The number of aromatic amines is 1. The highest BCUT2D eigenvalue weighted by Gasteiger charge is 2.08. The van der Waals surface area contributed by atoms with Gasteiger partial charge in [0.15, 0.2) is 0 Å². The van der Waals surface area contributed by atoms with E-state index in [1.54, 1.807) is 11.0 Å².